The number of pyridine rings is 1. The summed E-state index contributed by atoms with van der Waals surface area (Å²) in [6, 6.07) is 7.82. The molecule has 0 aliphatic rings. The third-order valence-corrected chi connectivity index (χ3v) is 2.26. The predicted octanol–water partition coefficient (Wildman–Crippen LogP) is 2.56. The highest BCUT2D eigenvalue weighted by molar-refractivity contribution is 5.87. The second kappa shape index (κ2) is 4.74. The summed E-state index contributed by atoms with van der Waals surface area (Å²) in [5.41, 5.74) is 1.30. The van der Waals surface area contributed by atoms with Gasteiger partial charge in [0.1, 0.15) is 5.82 Å². The molecular formula is C13H10FNO2. The van der Waals surface area contributed by atoms with Gasteiger partial charge in [0, 0.05) is 11.5 Å². The van der Waals surface area contributed by atoms with E-state index in [1.807, 2.05) is 0 Å². The fraction of sp³-hybridized carbons (Fsp3) is 0.0769. The summed E-state index contributed by atoms with van der Waals surface area (Å²) >= 11 is 0. The average Bonchev–Trinajstić information content (AvgIpc) is 2.35. The highest BCUT2D eigenvalue weighted by Crippen LogP contribution is 2.14. The number of aromatic nitrogens is 1. The van der Waals surface area contributed by atoms with E-state index in [4.69, 9.17) is 0 Å². The Bertz CT molecular complexity index is 593. The van der Waals surface area contributed by atoms with E-state index in [-0.39, 0.29) is 5.82 Å². The van der Waals surface area contributed by atoms with Gasteiger partial charge in [0.2, 0.25) is 0 Å². The molecule has 0 aliphatic heterocycles. The molecule has 1 aromatic heterocycles. The fourth-order valence-corrected chi connectivity index (χ4v) is 1.43. The molecule has 3 nitrogen and oxygen atoms in total. The Balaban J connectivity index is 2.35. The summed E-state index contributed by atoms with van der Waals surface area (Å²) in [5.74, 6) is -0.733. The van der Waals surface area contributed by atoms with E-state index in [1.54, 1.807) is 24.3 Å². The van der Waals surface area contributed by atoms with Crippen LogP contribution in [0.5, 0.6) is 0 Å². The number of nitrogens with zero attached hydrogens (tertiary/aromatic N) is 1. The normalized spacial score (nSPS) is 10.9. The molecule has 0 atom stereocenters. The molecule has 0 unspecified atom stereocenters. The number of rotatable bonds is 2. The van der Waals surface area contributed by atoms with Crippen LogP contribution in [-0.4, -0.2) is 18.1 Å². The van der Waals surface area contributed by atoms with E-state index in [9.17, 15) is 9.18 Å². The van der Waals surface area contributed by atoms with Gasteiger partial charge in [0.05, 0.1) is 18.3 Å². The van der Waals surface area contributed by atoms with Gasteiger partial charge in [-0.1, -0.05) is 6.07 Å². The van der Waals surface area contributed by atoms with Crippen LogP contribution < -0.4 is 0 Å². The number of halogens is 1. The molecule has 0 amide bonds. The van der Waals surface area contributed by atoms with Crippen LogP contribution in [0, 0.1) is 5.82 Å². The maximum atomic E-state index is 12.9. The fourth-order valence-electron chi connectivity index (χ4n) is 1.43. The van der Waals surface area contributed by atoms with Crippen LogP contribution in [0.2, 0.25) is 0 Å². The van der Waals surface area contributed by atoms with E-state index >= 15 is 0 Å². The van der Waals surface area contributed by atoms with E-state index in [2.05, 4.69) is 9.72 Å². The molecule has 86 valence electrons. The Hall–Kier alpha value is -2.23. The lowest BCUT2D eigenvalue weighted by atomic mass is 10.2. The number of methoxy groups -OCH3 is 1. The van der Waals surface area contributed by atoms with E-state index in [1.165, 1.54) is 25.3 Å². The van der Waals surface area contributed by atoms with Crippen molar-refractivity contribution in [2.45, 2.75) is 0 Å². The number of fused-ring (bicyclic) bond motifs is 1. The summed E-state index contributed by atoms with van der Waals surface area (Å²) in [7, 11) is 1.31. The van der Waals surface area contributed by atoms with Crippen molar-refractivity contribution in [2.24, 2.45) is 0 Å². The number of carbonyl (C=O) groups excluding carboxylic acids is 1. The van der Waals surface area contributed by atoms with Gasteiger partial charge in [-0.15, -0.1) is 0 Å². The molecule has 4 heteroatoms. The lowest BCUT2D eigenvalue weighted by Crippen LogP contribution is -1.93. The first kappa shape index (κ1) is 11.3. The Labute approximate surface area is 97.5 Å². The molecule has 1 aromatic carbocycles. The molecule has 0 N–H and O–H groups in total. The minimum atomic E-state index is -0.439. The van der Waals surface area contributed by atoms with Crippen molar-refractivity contribution in [1.29, 1.82) is 0 Å². The van der Waals surface area contributed by atoms with Crippen LogP contribution in [0.15, 0.2) is 36.4 Å². The smallest absolute Gasteiger partial charge is 0.330 e. The van der Waals surface area contributed by atoms with Crippen molar-refractivity contribution >= 4 is 22.9 Å². The second-order valence-corrected chi connectivity index (χ2v) is 3.43. The van der Waals surface area contributed by atoms with Gasteiger partial charge in [-0.3, -0.25) is 0 Å². The van der Waals surface area contributed by atoms with Crippen molar-refractivity contribution in [1.82, 2.24) is 4.98 Å². The Morgan fingerprint density at radius 3 is 2.94 bits per heavy atom. The SMILES string of the molecule is COC(=O)/C=C/c1ccc2cc(F)ccc2n1. The van der Waals surface area contributed by atoms with Gasteiger partial charge in [0.15, 0.2) is 0 Å². The molecule has 0 saturated carbocycles. The van der Waals surface area contributed by atoms with Crippen LogP contribution >= 0.6 is 0 Å². The minimum Gasteiger partial charge on any atom is -0.466 e. The third kappa shape index (κ3) is 2.66. The Morgan fingerprint density at radius 2 is 2.18 bits per heavy atom. The van der Waals surface area contributed by atoms with E-state index < -0.39 is 5.97 Å². The average molecular weight is 231 g/mol. The lowest BCUT2D eigenvalue weighted by molar-refractivity contribution is -0.134. The van der Waals surface area contributed by atoms with Gasteiger partial charge < -0.3 is 4.74 Å². The first-order valence-electron chi connectivity index (χ1n) is 5.01. The van der Waals surface area contributed by atoms with Crippen LogP contribution in [0.1, 0.15) is 5.69 Å². The second-order valence-electron chi connectivity index (χ2n) is 3.43. The van der Waals surface area contributed by atoms with Gasteiger partial charge in [-0.05, 0) is 30.3 Å². The monoisotopic (exact) mass is 231 g/mol. The minimum absolute atomic E-state index is 0.294. The van der Waals surface area contributed by atoms with Gasteiger partial charge in [0.25, 0.3) is 0 Å². The van der Waals surface area contributed by atoms with Crippen LogP contribution in [0.4, 0.5) is 4.39 Å². The number of benzene rings is 1. The van der Waals surface area contributed by atoms with Crippen molar-refractivity contribution in [3.63, 3.8) is 0 Å². The number of hydrogen-bond acceptors (Lipinski definition) is 3. The summed E-state index contributed by atoms with van der Waals surface area (Å²) in [5, 5.41) is 0.722. The zero-order valence-corrected chi connectivity index (χ0v) is 9.18. The lowest BCUT2D eigenvalue weighted by Gasteiger charge is -1.99. The standard InChI is InChI=1S/C13H10FNO2/c1-17-13(16)7-5-11-4-2-9-8-10(14)3-6-12(9)15-11/h2-8H,1H3/b7-5+. The first-order chi connectivity index (χ1) is 8.19. The molecule has 0 spiro atoms. The quantitative estimate of drug-likeness (QED) is 0.589. The summed E-state index contributed by atoms with van der Waals surface area (Å²) in [4.78, 5) is 15.2. The van der Waals surface area contributed by atoms with E-state index in [0.29, 0.717) is 11.2 Å². The van der Waals surface area contributed by atoms with Gasteiger partial charge >= 0.3 is 5.97 Å². The Kier molecular flexibility index (Phi) is 3.14. The molecule has 17 heavy (non-hydrogen) atoms. The highest BCUT2D eigenvalue weighted by atomic mass is 19.1. The predicted molar refractivity (Wildman–Crippen MR) is 62.8 cm³/mol. The summed E-state index contributed by atoms with van der Waals surface area (Å²) < 4.78 is 17.4. The molecular weight excluding hydrogens is 221 g/mol. The van der Waals surface area contributed by atoms with Crippen molar-refractivity contribution in [2.75, 3.05) is 7.11 Å². The van der Waals surface area contributed by atoms with Gasteiger partial charge in [-0.2, -0.15) is 0 Å². The maximum Gasteiger partial charge on any atom is 0.330 e. The topological polar surface area (TPSA) is 39.2 Å². The van der Waals surface area contributed by atoms with Crippen molar-refractivity contribution < 1.29 is 13.9 Å². The Morgan fingerprint density at radius 1 is 1.35 bits per heavy atom. The zero-order valence-electron chi connectivity index (χ0n) is 9.18. The molecule has 0 bridgehead atoms. The van der Waals surface area contributed by atoms with Crippen molar-refractivity contribution in [3.05, 3.63) is 47.9 Å². The van der Waals surface area contributed by atoms with Gasteiger partial charge in [-0.25, -0.2) is 14.2 Å². The molecule has 0 radical (unpaired) electrons. The molecule has 2 rings (SSSR count). The molecule has 1 heterocycles. The molecule has 0 aliphatic carbocycles. The number of hydrogen-bond donors (Lipinski definition) is 0. The maximum absolute atomic E-state index is 12.9. The van der Waals surface area contributed by atoms with Crippen molar-refractivity contribution in [3.8, 4) is 0 Å². The zero-order chi connectivity index (χ0) is 12.3. The third-order valence-electron chi connectivity index (χ3n) is 2.26. The molecule has 0 saturated heterocycles. The number of esters is 1. The van der Waals surface area contributed by atoms with Crippen LogP contribution in [0.3, 0.4) is 0 Å². The van der Waals surface area contributed by atoms with E-state index in [0.717, 1.165) is 5.39 Å². The number of carbonyl (C=O) groups is 1. The number of ether oxygens (including phenoxy) is 1. The molecule has 2 aromatic rings. The molecule has 0 fully saturated rings. The first-order valence-corrected chi connectivity index (χ1v) is 5.01. The highest BCUT2D eigenvalue weighted by Gasteiger charge is 1.98. The van der Waals surface area contributed by atoms with Crippen LogP contribution in [-0.2, 0) is 9.53 Å². The largest absolute Gasteiger partial charge is 0.466 e. The summed E-state index contributed by atoms with van der Waals surface area (Å²) in [6.45, 7) is 0. The summed E-state index contributed by atoms with van der Waals surface area (Å²) in [6.07, 6.45) is 2.84. The van der Waals surface area contributed by atoms with Crippen LogP contribution in [0.25, 0.3) is 17.0 Å².